The lowest BCUT2D eigenvalue weighted by molar-refractivity contribution is 0.665. The van der Waals surface area contributed by atoms with Gasteiger partial charge < -0.3 is 0 Å². The van der Waals surface area contributed by atoms with Crippen LogP contribution in [-0.2, 0) is 11.0 Å². The van der Waals surface area contributed by atoms with Crippen LogP contribution in [0.15, 0.2) is 29.2 Å². The van der Waals surface area contributed by atoms with Crippen LogP contribution in [0.3, 0.4) is 0 Å². The number of hydrogen-bond acceptors (Lipinski definition) is 1. The van der Waals surface area contributed by atoms with E-state index in [1.807, 2.05) is 31.2 Å². The topological polar surface area (TPSA) is 29.1 Å². The molecule has 0 fully saturated rings. The van der Waals surface area contributed by atoms with Crippen LogP contribution in [0.5, 0.6) is 0 Å². The zero-order valence-corrected chi connectivity index (χ0v) is 9.56. The van der Waals surface area contributed by atoms with E-state index in [0.29, 0.717) is 0 Å². The van der Waals surface area contributed by atoms with Crippen LogP contribution in [0, 0.1) is 6.92 Å². The highest BCUT2D eigenvalue weighted by atomic mass is 32.2. The van der Waals surface area contributed by atoms with Gasteiger partial charge in [-0.1, -0.05) is 25.5 Å². The molecule has 0 aliphatic heterocycles. The average Bonchev–Trinajstić information content (AvgIpc) is 2.18. The summed E-state index contributed by atoms with van der Waals surface area (Å²) in [7, 11) is -1.05. The molecule has 0 saturated carbocycles. The standard InChI is InChI=1S/C11H17NOS/c1-3-4-8-12-14(13)11-7-5-6-10(2)9-11/h5-7,9,12H,3-4,8H2,1-2H3. The van der Waals surface area contributed by atoms with E-state index in [0.717, 1.165) is 29.8 Å². The minimum absolute atomic E-state index is 0.817. The van der Waals surface area contributed by atoms with E-state index in [1.54, 1.807) is 0 Å². The first-order valence-electron chi connectivity index (χ1n) is 4.96. The van der Waals surface area contributed by atoms with E-state index in [9.17, 15) is 4.21 Å². The van der Waals surface area contributed by atoms with Gasteiger partial charge in [0, 0.05) is 6.54 Å². The normalized spacial score (nSPS) is 12.7. The largest absolute Gasteiger partial charge is 0.238 e. The van der Waals surface area contributed by atoms with E-state index in [1.165, 1.54) is 0 Å². The van der Waals surface area contributed by atoms with Crippen molar-refractivity contribution in [1.82, 2.24) is 4.72 Å². The molecular formula is C11H17NOS. The fraction of sp³-hybridized carbons (Fsp3) is 0.455. The first kappa shape index (κ1) is 11.4. The molecule has 0 aliphatic carbocycles. The molecule has 1 unspecified atom stereocenters. The fourth-order valence-corrected chi connectivity index (χ4v) is 2.15. The molecule has 0 aromatic heterocycles. The number of benzene rings is 1. The molecule has 0 heterocycles. The van der Waals surface area contributed by atoms with Crippen LogP contribution in [-0.4, -0.2) is 10.8 Å². The van der Waals surface area contributed by atoms with Crippen LogP contribution < -0.4 is 4.72 Å². The first-order valence-corrected chi connectivity index (χ1v) is 6.11. The van der Waals surface area contributed by atoms with Crippen LogP contribution in [0.2, 0.25) is 0 Å². The molecule has 1 aromatic rings. The Labute approximate surface area is 88.3 Å². The Morgan fingerprint density at radius 3 is 2.86 bits per heavy atom. The van der Waals surface area contributed by atoms with Crippen molar-refractivity contribution in [3.05, 3.63) is 29.8 Å². The maximum atomic E-state index is 11.7. The molecule has 3 heteroatoms. The summed E-state index contributed by atoms with van der Waals surface area (Å²) in [5.74, 6) is 0. The second-order valence-electron chi connectivity index (χ2n) is 3.33. The molecule has 0 amide bonds. The zero-order chi connectivity index (χ0) is 10.4. The number of nitrogens with one attached hydrogen (secondary N) is 1. The van der Waals surface area contributed by atoms with Crippen LogP contribution >= 0.6 is 0 Å². The van der Waals surface area contributed by atoms with E-state index in [4.69, 9.17) is 0 Å². The van der Waals surface area contributed by atoms with E-state index < -0.39 is 11.0 Å². The lowest BCUT2D eigenvalue weighted by Gasteiger charge is -2.04. The predicted octanol–water partition coefficient (Wildman–Crippen LogP) is 2.41. The summed E-state index contributed by atoms with van der Waals surface area (Å²) in [5.41, 5.74) is 1.15. The molecular weight excluding hydrogens is 194 g/mol. The number of unbranched alkanes of at least 4 members (excludes halogenated alkanes) is 1. The van der Waals surface area contributed by atoms with Crippen molar-refractivity contribution < 1.29 is 4.21 Å². The molecule has 0 aliphatic rings. The summed E-state index contributed by atoms with van der Waals surface area (Å²) in [6.07, 6.45) is 2.19. The van der Waals surface area contributed by atoms with Gasteiger partial charge in [0.2, 0.25) is 0 Å². The Balaban J connectivity index is 2.52. The van der Waals surface area contributed by atoms with Gasteiger partial charge in [-0.15, -0.1) is 0 Å². The molecule has 1 atom stereocenters. The quantitative estimate of drug-likeness (QED) is 0.745. The molecule has 1 rings (SSSR count). The molecule has 1 aromatic carbocycles. The SMILES string of the molecule is CCCCNS(=O)c1cccc(C)c1. The molecule has 0 radical (unpaired) electrons. The van der Waals surface area contributed by atoms with Gasteiger partial charge in [-0.05, 0) is 31.0 Å². The molecule has 2 nitrogen and oxygen atoms in total. The van der Waals surface area contributed by atoms with Gasteiger partial charge in [0.1, 0.15) is 11.0 Å². The monoisotopic (exact) mass is 211 g/mol. The maximum absolute atomic E-state index is 11.7. The Hall–Kier alpha value is -0.670. The van der Waals surface area contributed by atoms with Gasteiger partial charge in [-0.25, -0.2) is 8.93 Å². The molecule has 1 N–H and O–H groups in total. The number of aryl methyl sites for hydroxylation is 1. The second-order valence-corrected chi connectivity index (χ2v) is 4.63. The Morgan fingerprint density at radius 2 is 2.21 bits per heavy atom. The van der Waals surface area contributed by atoms with Gasteiger partial charge in [0.05, 0.1) is 4.90 Å². The third-order valence-electron chi connectivity index (χ3n) is 1.97. The van der Waals surface area contributed by atoms with Crippen molar-refractivity contribution in [3.8, 4) is 0 Å². The Kier molecular flexibility index (Phi) is 4.84. The Morgan fingerprint density at radius 1 is 1.43 bits per heavy atom. The summed E-state index contributed by atoms with van der Waals surface area (Å²) in [6.45, 7) is 4.95. The van der Waals surface area contributed by atoms with Crippen molar-refractivity contribution in [1.29, 1.82) is 0 Å². The summed E-state index contributed by atoms with van der Waals surface area (Å²) >= 11 is 0. The van der Waals surface area contributed by atoms with Crippen molar-refractivity contribution in [3.63, 3.8) is 0 Å². The minimum atomic E-state index is -1.05. The summed E-state index contributed by atoms with van der Waals surface area (Å²) in [6, 6.07) is 7.79. The lowest BCUT2D eigenvalue weighted by atomic mass is 10.2. The lowest BCUT2D eigenvalue weighted by Crippen LogP contribution is -2.18. The highest BCUT2D eigenvalue weighted by Crippen LogP contribution is 2.07. The molecule has 78 valence electrons. The highest BCUT2D eigenvalue weighted by Gasteiger charge is 2.01. The van der Waals surface area contributed by atoms with Crippen molar-refractivity contribution in [2.45, 2.75) is 31.6 Å². The van der Waals surface area contributed by atoms with Crippen molar-refractivity contribution in [2.24, 2.45) is 0 Å². The molecule has 14 heavy (non-hydrogen) atoms. The maximum Gasteiger partial charge on any atom is 0.124 e. The number of hydrogen-bond donors (Lipinski definition) is 1. The van der Waals surface area contributed by atoms with Crippen LogP contribution in [0.1, 0.15) is 25.3 Å². The first-order chi connectivity index (χ1) is 6.74. The van der Waals surface area contributed by atoms with E-state index >= 15 is 0 Å². The van der Waals surface area contributed by atoms with Crippen LogP contribution in [0.25, 0.3) is 0 Å². The fourth-order valence-electron chi connectivity index (χ4n) is 1.16. The van der Waals surface area contributed by atoms with Crippen LogP contribution in [0.4, 0.5) is 0 Å². The third-order valence-corrected chi connectivity index (χ3v) is 3.12. The van der Waals surface area contributed by atoms with E-state index in [-0.39, 0.29) is 0 Å². The summed E-state index contributed by atoms with van der Waals surface area (Å²) < 4.78 is 14.7. The van der Waals surface area contributed by atoms with Gasteiger partial charge in [0.15, 0.2) is 0 Å². The highest BCUT2D eigenvalue weighted by molar-refractivity contribution is 7.83. The smallest absolute Gasteiger partial charge is 0.124 e. The van der Waals surface area contributed by atoms with E-state index in [2.05, 4.69) is 11.6 Å². The van der Waals surface area contributed by atoms with Gasteiger partial charge in [-0.2, -0.15) is 0 Å². The second kappa shape index (κ2) is 5.94. The third kappa shape index (κ3) is 3.60. The van der Waals surface area contributed by atoms with Gasteiger partial charge in [-0.3, -0.25) is 0 Å². The minimum Gasteiger partial charge on any atom is -0.238 e. The number of rotatable bonds is 5. The summed E-state index contributed by atoms with van der Waals surface area (Å²) in [5, 5.41) is 0. The zero-order valence-electron chi connectivity index (χ0n) is 8.75. The molecule has 0 saturated heterocycles. The average molecular weight is 211 g/mol. The Bertz CT molecular complexity index is 312. The summed E-state index contributed by atoms with van der Waals surface area (Å²) in [4.78, 5) is 0.862. The molecule has 0 bridgehead atoms. The van der Waals surface area contributed by atoms with Gasteiger partial charge in [0.25, 0.3) is 0 Å². The van der Waals surface area contributed by atoms with Gasteiger partial charge >= 0.3 is 0 Å². The van der Waals surface area contributed by atoms with Crippen molar-refractivity contribution in [2.75, 3.05) is 6.54 Å². The van der Waals surface area contributed by atoms with Crippen molar-refractivity contribution >= 4 is 11.0 Å². The predicted molar refractivity (Wildman–Crippen MR) is 60.5 cm³/mol. The molecule has 0 spiro atoms.